The molecule has 2 heterocycles. The molecule has 0 bridgehead atoms. The summed E-state index contributed by atoms with van der Waals surface area (Å²) in [5.41, 5.74) is 12.7. The molecule has 2 atom stereocenters. The van der Waals surface area contributed by atoms with Gasteiger partial charge in [-0.15, -0.1) is 0 Å². The smallest absolute Gasteiger partial charge is 0.282 e. The number of nitrogens with two attached hydrogens (primary N) is 2. The van der Waals surface area contributed by atoms with Gasteiger partial charge in [0.2, 0.25) is 0 Å². The first-order chi connectivity index (χ1) is 13.3. The van der Waals surface area contributed by atoms with Gasteiger partial charge in [-0.1, -0.05) is 67.2 Å². The predicted octanol–water partition coefficient (Wildman–Crippen LogP) is 4.98. The van der Waals surface area contributed by atoms with Crippen molar-refractivity contribution in [1.29, 1.82) is 0 Å². The first-order valence-corrected chi connectivity index (χ1v) is 10.5. The fourth-order valence-electron chi connectivity index (χ4n) is 2.65. The molecule has 0 aromatic heterocycles. The van der Waals surface area contributed by atoms with Gasteiger partial charge in [0, 0.05) is 19.0 Å². The van der Waals surface area contributed by atoms with Crippen LogP contribution >= 0.6 is 55.1 Å². The lowest BCUT2D eigenvalue weighted by Crippen LogP contribution is -2.10. The second-order valence-corrected chi connectivity index (χ2v) is 8.57. The lowest BCUT2D eigenvalue weighted by atomic mass is 10.1. The first kappa shape index (κ1) is 21.2. The third-order valence-electron chi connectivity index (χ3n) is 3.99. The molecule has 0 saturated carbocycles. The van der Waals surface area contributed by atoms with Crippen LogP contribution in [0.2, 0.25) is 10.0 Å². The number of benzene rings is 2. The summed E-state index contributed by atoms with van der Waals surface area (Å²) in [5.74, 6) is 0. The Morgan fingerprint density at radius 2 is 1.18 bits per heavy atom. The maximum Gasteiger partial charge on any atom is 0.282 e. The molecule has 2 aliphatic rings. The molecule has 0 unspecified atom stereocenters. The Morgan fingerprint density at radius 1 is 0.786 bits per heavy atom. The van der Waals surface area contributed by atoms with Crippen molar-refractivity contribution < 1.29 is 9.47 Å². The Balaban J connectivity index is 0.000000161. The van der Waals surface area contributed by atoms with E-state index in [1.54, 1.807) is 0 Å². The van der Waals surface area contributed by atoms with Crippen LogP contribution < -0.4 is 11.5 Å². The molecule has 0 saturated heterocycles. The number of halogens is 4. The summed E-state index contributed by atoms with van der Waals surface area (Å²) >= 11 is 18.8. The minimum Gasteiger partial charge on any atom is -0.463 e. The number of aliphatic imine (C=N–C) groups is 2. The second kappa shape index (κ2) is 9.35. The molecule has 2 aromatic carbocycles. The molecule has 6 nitrogen and oxygen atoms in total. The van der Waals surface area contributed by atoms with Crippen LogP contribution in [0.25, 0.3) is 0 Å². The molecular formula is C18H16Br2Cl2N4O2. The molecule has 4 N–H and O–H groups in total. The van der Waals surface area contributed by atoms with Crippen molar-refractivity contribution in [3.05, 3.63) is 66.5 Å². The number of hydrogen-bond acceptors (Lipinski definition) is 6. The summed E-state index contributed by atoms with van der Waals surface area (Å²) in [7, 11) is 0. The van der Waals surface area contributed by atoms with E-state index in [2.05, 4.69) is 41.8 Å². The van der Waals surface area contributed by atoms with Crippen LogP contribution in [0.3, 0.4) is 0 Å². The van der Waals surface area contributed by atoms with Crippen molar-refractivity contribution in [2.24, 2.45) is 21.5 Å². The maximum atomic E-state index is 6.06. The highest BCUT2D eigenvalue weighted by molar-refractivity contribution is 9.10. The summed E-state index contributed by atoms with van der Waals surface area (Å²) in [5, 5.41) is 1.35. The Labute approximate surface area is 189 Å². The van der Waals surface area contributed by atoms with Gasteiger partial charge in [0.05, 0.1) is 0 Å². The molecule has 0 fully saturated rings. The van der Waals surface area contributed by atoms with Gasteiger partial charge in [-0.2, -0.15) is 0 Å². The molecule has 0 amide bonds. The molecule has 0 radical (unpaired) electrons. The van der Waals surface area contributed by atoms with E-state index >= 15 is 0 Å². The third kappa shape index (κ3) is 5.31. The molecule has 148 valence electrons. The summed E-state index contributed by atoms with van der Waals surface area (Å²) in [6.07, 6.45) is 0. The minimum absolute atomic E-state index is 0.0735. The average Bonchev–Trinajstić information content (AvgIpc) is 3.24. The van der Waals surface area contributed by atoms with Crippen LogP contribution in [-0.2, 0) is 9.47 Å². The zero-order chi connectivity index (χ0) is 20.3. The number of ether oxygens (including phenoxy) is 2. The quantitative estimate of drug-likeness (QED) is 0.551. The van der Waals surface area contributed by atoms with Crippen LogP contribution in [0, 0.1) is 0 Å². The van der Waals surface area contributed by atoms with E-state index in [0.29, 0.717) is 23.3 Å². The van der Waals surface area contributed by atoms with Gasteiger partial charge in [-0.05, 0) is 35.4 Å². The maximum absolute atomic E-state index is 6.06. The Bertz CT molecular complexity index is 864. The summed E-state index contributed by atoms with van der Waals surface area (Å²) < 4.78 is 12.0. The van der Waals surface area contributed by atoms with Crippen molar-refractivity contribution >= 4 is 67.1 Å². The van der Waals surface area contributed by atoms with E-state index in [0.717, 1.165) is 20.1 Å². The highest BCUT2D eigenvalue weighted by atomic mass is 79.9. The molecule has 2 aromatic rings. The van der Waals surface area contributed by atoms with Gasteiger partial charge in [0.1, 0.15) is 25.3 Å². The Morgan fingerprint density at radius 3 is 1.46 bits per heavy atom. The highest BCUT2D eigenvalue weighted by Gasteiger charge is 2.21. The topological polar surface area (TPSA) is 95.2 Å². The minimum atomic E-state index is -0.0735. The Kier molecular flexibility index (Phi) is 7.09. The van der Waals surface area contributed by atoms with E-state index in [-0.39, 0.29) is 24.1 Å². The molecular weight excluding hydrogens is 535 g/mol. The van der Waals surface area contributed by atoms with Gasteiger partial charge in [-0.25, -0.2) is 9.98 Å². The van der Waals surface area contributed by atoms with E-state index in [9.17, 15) is 0 Å². The number of hydrogen-bond donors (Lipinski definition) is 2. The Hall–Kier alpha value is -1.48. The average molecular weight is 551 g/mol. The number of amidine groups is 2. The summed E-state index contributed by atoms with van der Waals surface area (Å²) in [6.45, 7) is 0.931. The van der Waals surface area contributed by atoms with E-state index < -0.39 is 0 Å². The normalized spacial score (nSPS) is 20.4. The molecule has 0 aliphatic carbocycles. The third-order valence-corrected chi connectivity index (χ3v) is 5.63. The van der Waals surface area contributed by atoms with Crippen LogP contribution in [0.4, 0.5) is 0 Å². The molecule has 10 heteroatoms. The van der Waals surface area contributed by atoms with E-state index in [1.807, 2.05) is 36.4 Å². The van der Waals surface area contributed by atoms with Crippen LogP contribution in [-0.4, -0.2) is 25.3 Å². The van der Waals surface area contributed by atoms with Crippen molar-refractivity contribution in [3.8, 4) is 0 Å². The second-order valence-electron chi connectivity index (χ2n) is 5.92. The van der Waals surface area contributed by atoms with Crippen molar-refractivity contribution in [2.45, 2.75) is 12.1 Å². The predicted molar refractivity (Wildman–Crippen MR) is 119 cm³/mol. The molecule has 28 heavy (non-hydrogen) atoms. The number of rotatable bonds is 2. The van der Waals surface area contributed by atoms with Gasteiger partial charge in [0.25, 0.3) is 12.0 Å². The standard InChI is InChI=1S/2C9H8BrClN2O/c2*10-5-1-2-6(7(11)3-5)8-4-14-9(12)13-8/h2*1-3,8H,4H2,(H2,12,13)/t2*8-/m10/s1. The van der Waals surface area contributed by atoms with Crippen LogP contribution in [0.15, 0.2) is 55.3 Å². The number of nitrogens with zero attached hydrogens (tertiary/aromatic N) is 2. The van der Waals surface area contributed by atoms with Crippen molar-refractivity contribution in [1.82, 2.24) is 0 Å². The highest BCUT2D eigenvalue weighted by Crippen LogP contribution is 2.31. The zero-order valence-electron chi connectivity index (χ0n) is 14.4. The lowest BCUT2D eigenvalue weighted by molar-refractivity contribution is 0.315. The SMILES string of the molecule is NC1=N[C@@H](c2ccc(Br)cc2Cl)CO1.NC1=N[C@H](c2ccc(Br)cc2Cl)CO1. The van der Waals surface area contributed by atoms with Gasteiger partial charge in [-0.3, -0.25) is 0 Å². The van der Waals surface area contributed by atoms with E-state index in [4.69, 9.17) is 44.1 Å². The van der Waals surface area contributed by atoms with Crippen LogP contribution in [0.1, 0.15) is 23.2 Å². The fourth-order valence-corrected chi connectivity index (χ4v) is 4.25. The fraction of sp³-hybridized carbons (Fsp3) is 0.222. The first-order valence-electron chi connectivity index (χ1n) is 8.15. The van der Waals surface area contributed by atoms with Crippen molar-refractivity contribution in [2.75, 3.05) is 13.2 Å². The zero-order valence-corrected chi connectivity index (χ0v) is 19.1. The largest absolute Gasteiger partial charge is 0.463 e. The molecule has 2 aliphatic heterocycles. The summed E-state index contributed by atoms with van der Waals surface area (Å²) in [4.78, 5) is 8.24. The molecule has 0 spiro atoms. The van der Waals surface area contributed by atoms with Gasteiger partial charge >= 0.3 is 0 Å². The van der Waals surface area contributed by atoms with E-state index in [1.165, 1.54) is 0 Å². The lowest BCUT2D eigenvalue weighted by Gasteiger charge is -2.07. The van der Waals surface area contributed by atoms with Gasteiger partial charge < -0.3 is 20.9 Å². The molecule has 4 rings (SSSR count). The monoisotopic (exact) mass is 548 g/mol. The van der Waals surface area contributed by atoms with Crippen molar-refractivity contribution in [3.63, 3.8) is 0 Å². The van der Waals surface area contributed by atoms with Gasteiger partial charge in [0.15, 0.2) is 0 Å². The van der Waals surface area contributed by atoms with Crippen LogP contribution in [0.5, 0.6) is 0 Å². The summed E-state index contributed by atoms with van der Waals surface area (Å²) in [6, 6.07) is 11.7.